The molecule has 10 nitrogen and oxygen atoms in total. The third-order valence-corrected chi connectivity index (χ3v) is 9.85. The summed E-state index contributed by atoms with van der Waals surface area (Å²) in [5.41, 5.74) is 0. The van der Waals surface area contributed by atoms with Crippen LogP contribution in [0.25, 0.3) is 0 Å². The van der Waals surface area contributed by atoms with Crippen molar-refractivity contribution in [3.05, 3.63) is 72.9 Å². The molecule has 0 fully saturated rings. The van der Waals surface area contributed by atoms with E-state index in [-0.39, 0.29) is 12.8 Å². The normalized spacial score (nSPS) is 14.5. The van der Waals surface area contributed by atoms with Crippen LogP contribution in [0.2, 0.25) is 0 Å². The minimum atomic E-state index is -4.65. The number of phosphoric acid groups is 1. The lowest BCUT2D eigenvalue weighted by Gasteiger charge is -2.20. The van der Waals surface area contributed by atoms with Gasteiger partial charge in [0, 0.05) is 12.8 Å². The van der Waals surface area contributed by atoms with Gasteiger partial charge in [0.2, 0.25) is 0 Å². The Hall–Kier alpha value is -2.59. The number of unbranched alkanes of at least 4 members (excludes halogenated alkanes) is 14. The van der Waals surface area contributed by atoms with Gasteiger partial charge in [-0.2, -0.15) is 0 Å². The fourth-order valence-corrected chi connectivity index (χ4v) is 6.33. The number of aliphatic hydroxyl groups excluding tert-OH is 2. The Morgan fingerprint density at radius 2 is 0.825 bits per heavy atom. The molecule has 3 unspecified atom stereocenters. The standard InChI is InChI=1S/C46H79O10P/c1-3-5-7-9-11-13-15-17-19-20-21-22-24-26-28-30-32-34-36-38-46(50)56-44(40-48)42-54-57(51,52)53-41-43(39-47)55-45(49)37-35-33-31-29-27-25-23-18-16-14-12-10-8-6-4-2/h6,8,11-14,17-19,21-23,43-44,47-48H,3-5,7,9-10,15-16,20,24-42H2,1-2H3,(H,51,52)/b8-6-,13-11-,14-12-,19-17-,22-21-,23-18-. The van der Waals surface area contributed by atoms with E-state index in [1.54, 1.807) is 0 Å². The highest BCUT2D eigenvalue weighted by molar-refractivity contribution is 7.47. The van der Waals surface area contributed by atoms with Gasteiger partial charge in [-0.25, -0.2) is 4.57 Å². The second-order valence-electron chi connectivity index (χ2n) is 14.3. The first-order chi connectivity index (χ1) is 27.8. The number of esters is 2. The smallest absolute Gasteiger partial charge is 0.457 e. The Morgan fingerprint density at radius 1 is 0.491 bits per heavy atom. The molecule has 3 atom stereocenters. The van der Waals surface area contributed by atoms with E-state index in [2.05, 4.69) is 86.8 Å². The Balaban J connectivity index is 3.97. The van der Waals surface area contributed by atoms with Crippen molar-refractivity contribution < 1.29 is 47.8 Å². The molecule has 57 heavy (non-hydrogen) atoms. The zero-order valence-electron chi connectivity index (χ0n) is 35.5. The summed E-state index contributed by atoms with van der Waals surface area (Å²) in [7, 11) is -4.65. The molecule has 0 aromatic carbocycles. The zero-order valence-corrected chi connectivity index (χ0v) is 36.4. The van der Waals surface area contributed by atoms with Crippen LogP contribution in [0, 0.1) is 0 Å². The number of carbonyl (C=O) groups is 2. The van der Waals surface area contributed by atoms with Gasteiger partial charge in [-0.05, 0) is 83.5 Å². The number of carbonyl (C=O) groups excluding carboxylic acids is 2. The van der Waals surface area contributed by atoms with Crippen LogP contribution < -0.4 is 0 Å². The fourth-order valence-electron chi connectivity index (χ4n) is 5.55. The summed E-state index contributed by atoms with van der Waals surface area (Å²) in [6.45, 7) is 2.02. The van der Waals surface area contributed by atoms with Crippen LogP contribution in [-0.4, -0.2) is 65.7 Å². The van der Waals surface area contributed by atoms with E-state index in [1.807, 2.05) is 0 Å². The van der Waals surface area contributed by atoms with Gasteiger partial charge in [0.25, 0.3) is 0 Å². The van der Waals surface area contributed by atoms with Crippen LogP contribution in [0.1, 0.15) is 168 Å². The molecular weight excluding hydrogens is 743 g/mol. The van der Waals surface area contributed by atoms with Crippen molar-refractivity contribution in [2.75, 3.05) is 26.4 Å². The SMILES string of the molecule is CC/C=C\C/C=C\C/C=C\CCCCCCCC(=O)OC(CO)COP(=O)(O)OCC(CO)OC(=O)CCCCCCCC/C=C\C/C=C\C/C=C\CCCCC. The van der Waals surface area contributed by atoms with E-state index in [9.17, 15) is 29.3 Å². The highest BCUT2D eigenvalue weighted by Gasteiger charge is 2.27. The second kappa shape index (κ2) is 41.6. The lowest BCUT2D eigenvalue weighted by Crippen LogP contribution is -2.28. The van der Waals surface area contributed by atoms with Crippen LogP contribution in [0.4, 0.5) is 0 Å². The van der Waals surface area contributed by atoms with Gasteiger partial charge in [-0.15, -0.1) is 0 Å². The maximum Gasteiger partial charge on any atom is 0.472 e. The first-order valence-corrected chi connectivity index (χ1v) is 23.4. The molecule has 0 saturated carbocycles. The van der Waals surface area contributed by atoms with E-state index in [0.29, 0.717) is 12.8 Å². The van der Waals surface area contributed by atoms with E-state index in [4.69, 9.17) is 18.5 Å². The number of hydrogen-bond acceptors (Lipinski definition) is 9. The molecule has 0 saturated heterocycles. The van der Waals surface area contributed by atoms with Gasteiger partial charge in [0.05, 0.1) is 26.4 Å². The summed E-state index contributed by atoms with van der Waals surface area (Å²) in [6, 6.07) is 0. The van der Waals surface area contributed by atoms with Gasteiger partial charge in [-0.3, -0.25) is 18.6 Å². The van der Waals surface area contributed by atoms with Crippen LogP contribution in [0.15, 0.2) is 72.9 Å². The minimum Gasteiger partial charge on any atom is -0.457 e. The summed E-state index contributed by atoms with van der Waals surface area (Å²) in [5, 5.41) is 19.2. The molecule has 0 aromatic rings. The second-order valence-corrected chi connectivity index (χ2v) is 15.7. The van der Waals surface area contributed by atoms with Gasteiger partial charge in [-0.1, -0.05) is 145 Å². The number of rotatable bonds is 40. The van der Waals surface area contributed by atoms with Crippen molar-refractivity contribution in [3.63, 3.8) is 0 Å². The largest absolute Gasteiger partial charge is 0.472 e. The third-order valence-electron chi connectivity index (χ3n) is 8.90. The quantitative estimate of drug-likeness (QED) is 0.0236. The average Bonchev–Trinajstić information content (AvgIpc) is 3.20. The molecule has 0 radical (unpaired) electrons. The van der Waals surface area contributed by atoms with Crippen molar-refractivity contribution in [1.29, 1.82) is 0 Å². The predicted molar refractivity (Wildman–Crippen MR) is 233 cm³/mol. The average molecular weight is 823 g/mol. The highest BCUT2D eigenvalue weighted by Crippen LogP contribution is 2.43. The molecule has 0 amide bonds. The number of allylic oxidation sites excluding steroid dienone is 12. The molecule has 0 aliphatic carbocycles. The van der Waals surface area contributed by atoms with E-state index >= 15 is 0 Å². The summed E-state index contributed by atoms with van der Waals surface area (Å²) >= 11 is 0. The molecule has 0 spiro atoms. The maximum atomic E-state index is 12.4. The third kappa shape index (κ3) is 40.0. The molecule has 11 heteroatoms. The summed E-state index contributed by atoms with van der Waals surface area (Å²) in [5.74, 6) is -1.05. The number of aliphatic hydroxyl groups is 2. The first kappa shape index (κ1) is 54.4. The Bertz CT molecular complexity index is 1180. The van der Waals surface area contributed by atoms with Gasteiger partial charge in [0.15, 0.2) is 0 Å². The van der Waals surface area contributed by atoms with Crippen molar-refractivity contribution in [3.8, 4) is 0 Å². The predicted octanol–water partition coefficient (Wildman–Crippen LogP) is 11.7. The van der Waals surface area contributed by atoms with E-state index in [0.717, 1.165) is 103 Å². The molecule has 0 aliphatic rings. The van der Waals surface area contributed by atoms with Crippen LogP contribution in [-0.2, 0) is 32.7 Å². The molecule has 0 bridgehead atoms. The van der Waals surface area contributed by atoms with Crippen molar-refractivity contribution in [2.24, 2.45) is 0 Å². The molecule has 0 aromatic heterocycles. The van der Waals surface area contributed by atoms with Gasteiger partial charge >= 0.3 is 19.8 Å². The first-order valence-electron chi connectivity index (χ1n) is 21.9. The molecule has 0 heterocycles. The monoisotopic (exact) mass is 823 g/mol. The molecule has 3 N–H and O–H groups in total. The summed E-state index contributed by atoms with van der Waals surface area (Å²) < 4.78 is 32.6. The van der Waals surface area contributed by atoms with E-state index in [1.165, 1.54) is 25.7 Å². The van der Waals surface area contributed by atoms with Crippen LogP contribution in [0.5, 0.6) is 0 Å². The van der Waals surface area contributed by atoms with Gasteiger partial charge in [0.1, 0.15) is 12.2 Å². The molecule has 328 valence electrons. The fraction of sp³-hybridized carbons (Fsp3) is 0.696. The van der Waals surface area contributed by atoms with Crippen molar-refractivity contribution in [2.45, 2.75) is 180 Å². The van der Waals surface area contributed by atoms with Crippen molar-refractivity contribution in [1.82, 2.24) is 0 Å². The topological polar surface area (TPSA) is 149 Å². The van der Waals surface area contributed by atoms with Crippen LogP contribution in [0.3, 0.4) is 0 Å². The van der Waals surface area contributed by atoms with Crippen molar-refractivity contribution >= 4 is 19.8 Å². The summed E-state index contributed by atoms with van der Waals surface area (Å²) in [6.07, 6.45) is 47.2. The Labute approximate surface area is 346 Å². The molecule has 0 rings (SSSR count). The highest BCUT2D eigenvalue weighted by atomic mass is 31.2. The zero-order chi connectivity index (χ0) is 41.9. The van der Waals surface area contributed by atoms with Crippen LogP contribution >= 0.6 is 7.82 Å². The lowest BCUT2D eigenvalue weighted by atomic mass is 10.1. The number of phosphoric ester groups is 1. The Kier molecular flexibility index (Phi) is 39.7. The van der Waals surface area contributed by atoms with Gasteiger partial charge < -0.3 is 24.6 Å². The number of hydrogen-bond donors (Lipinski definition) is 3. The Morgan fingerprint density at radius 3 is 1.19 bits per heavy atom. The minimum absolute atomic E-state index is 0.168. The number of ether oxygens (including phenoxy) is 2. The molecule has 0 aliphatic heterocycles. The summed E-state index contributed by atoms with van der Waals surface area (Å²) in [4.78, 5) is 34.5. The lowest BCUT2D eigenvalue weighted by molar-refractivity contribution is -0.153. The maximum absolute atomic E-state index is 12.4. The molecular formula is C46H79O10P. The van der Waals surface area contributed by atoms with E-state index < -0.39 is 58.4 Å².